The number of thioether (sulfide) groups is 1. The zero-order chi connectivity index (χ0) is 19.8. The van der Waals surface area contributed by atoms with Crippen LogP contribution < -0.4 is 0 Å². The number of halogens is 1. The Labute approximate surface area is 177 Å². The van der Waals surface area contributed by atoms with Gasteiger partial charge in [0, 0.05) is 20.6 Å². The molecule has 1 atom stereocenters. The third-order valence-electron chi connectivity index (χ3n) is 4.59. The highest BCUT2D eigenvalue weighted by molar-refractivity contribution is 14.1. The van der Waals surface area contributed by atoms with Gasteiger partial charge < -0.3 is 5.11 Å². The molecule has 1 aliphatic rings. The van der Waals surface area contributed by atoms with Crippen molar-refractivity contribution in [2.24, 2.45) is 0 Å². The number of carboxylic acid groups (broad SMARTS) is 1. The lowest BCUT2D eigenvalue weighted by molar-refractivity contribution is -0.142. The molecule has 1 unspecified atom stereocenters. The average molecular weight is 517 g/mol. The number of benzene rings is 2. The molecule has 0 aliphatic carbocycles. The van der Waals surface area contributed by atoms with E-state index in [9.17, 15) is 18.3 Å². The van der Waals surface area contributed by atoms with E-state index in [2.05, 4.69) is 22.6 Å². The van der Waals surface area contributed by atoms with Gasteiger partial charge >= 0.3 is 5.97 Å². The summed E-state index contributed by atoms with van der Waals surface area (Å²) in [7, 11) is -3.90. The zero-order valence-corrected chi connectivity index (χ0v) is 18.7. The van der Waals surface area contributed by atoms with Gasteiger partial charge in [0.05, 0.1) is 4.90 Å². The maximum atomic E-state index is 13.1. The molecule has 8 heteroatoms. The largest absolute Gasteiger partial charge is 0.480 e. The molecule has 3 rings (SSSR count). The molecule has 1 aliphatic heterocycles. The van der Waals surface area contributed by atoms with Crippen molar-refractivity contribution in [3.63, 3.8) is 0 Å². The summed E-state index contributed by atoms with van der Waals surface area (Å²) in [6, 6.07) is 13.5. The van der Waals surface area contributed by atoms with E-state index in [1.165, 1.54) is 11.8 Å². The molecule has 0 radical (unpaired) electrons. The number of hydrogen-bond acceptors (Lipinski definition) is 4. The van der Waals surface area contributed by atoms with Crippen LogP contribution in [0.2, 0.25) is 0 Å². The van der Waals surface area contributed by atoms with Crippen molar-refractivity contribution >= 4 is 50.3 Å². The lowest BCUT2D eigenvalue weighted by Gasteiger charge is -2.42. The van der Waals surface area contributed by atoms with Gasteiger partial charge in [0.15, 0.2) is 0 Å². The van der Waals surface area contributed by atoms with Crippen LogP contribution >= 0.6 is 34.4 Å². The summed E-state index contributed by atoms with van der Waals surface area (Å²) in [5, 5.41) is 9.65. The second-order valence-corrected chi connectivity index (χ2v) is 11.7. The minimum atomic E-state index is -3.90. The number of hydrogen-bond donors (Lipinski definition) is 1. The Balaban J connectivity index is 1.96. The van der Waals surface area contributed by atoms with Crippen molar-refractivity contribution in [2.45, 2.75) is 29.5 Å². The normalized spacial score (nSPS) is 20.3. The van der Waals surface area contributed by atoms with Crippen LogP contribution in [0.15, 0.2) is 53.4 Å². The molecule has 0 bridgehead atoms. The van der Waals surface area contributed by atoms with Crippen molar-refractivity contribution < 1.29 is 18.3 Å². The van der Waals surface area contributed by atoms with Gasteiger partial charge in [0.25, 0.3) is 0 Å². The predicted molar refractivity (Wildman–Crippen MR) is 116 cm³/mol. The van der Waals surface area contributed by atoms with E-state index in [-0.39, 0.29) is 11.4 Å². The van der Waals surface area contributed by atoms with Gasteiger partial charge in [0.2, 0.25) is 10.0 Å². The maximum Gasteiger partial charge on any atom is 0.323 e. The van der Waals surface area contributed by atoms with Crippen LogP contribution in [0.25, 0.3) is 11.1 Å². The van der Waals surface area contributed by atoms with Gasteiger partial charge in [-0.15, -0.1) is 0 Å². The lowest BCUT2D eigenvalue weighted by atomic mass is 10.0. The van der Waals surface area contributed by atoms with Crippen molar-refractivity contribution in [3.05, 3.63) is 52.1 Å². The van der Waals surface area contributed by atoms with Crippen molar-refractivity contribution in [1.82, 2.24) is 4.31 Å². The fourth-order valence-electron chi connectivity index (χ4n) is 3.26. The van der Waals surface area contributed by atoms with Crippen LogP contribution in [-0.4, -0.2) is 46.9 Å². The number of sulfonamides is 1. The molecule has 2 aromatic rings. The molecule has 0 spiro atoms. The van der Waals surface area contributed by atoms with Gasteiger partial charge in [-0.3, -0.25) is 4.79 Å². The number of rotatable bonds is 4. The number of carbonyl (C=O) groups is 1. The van der Waals surface area contributed by atoms with Crippen molar-refractivity contribution in [1.29, 1.82) is 0 Å². The summed E-state index contributed by atoms with van der Waals surface area (Å²) in [6.07, 6.45) is 0. The number of nitrogens with zero attached hydrogens (tertiary/aromatic N) is 1. The van der Waals surface area contributed by atoms with E-state index >= 15 is 0 Å². The highest BCUT2D eigenvalue weighted by Crippen LogP contribution is 2.38. The van der Waals surface area contributed by atoms with Crippen LogP contribution in [0.5, 0.6) is 0 Å². The Bertz CT molecular complexity index is 958. The highest BCUT2D eigenvalue weighted by atomic mass is 127. The van der Waals surface area contributed by atoms with Crippen molar-refractivity contribution in [2.75, 3.05) is 12.3 Å². The Morgan fingerprint density at radius 2 is 1.85 bits per heavy atom. The molecule has 0 amide bonds. The SMILES string of the molecule is CC1(C)SCCN(S(=O)(=O)c2ccc(-c3cccc(I)c3)cc2)C1C(=O)O. The van der Waals surface area contributed by atoms with E-state index in [0.717, 1.165) is 19.0 Å². The first-order chi connectivity index (χ1) is 12.6. The Hall–Kier alpha value is -1.10. The summed E-state index contributed by atoms with van der Waals surface area (Å²) in [4.78, 5) is 11.9. The Morgan fingerprint density at radius 3 is 2.44 bits per heavy atom. The molecule has 0 aromatic heterocycles. The second-order valence-electron chi connectivity index (χ2n) is 6.84. The molecule has 1 heterocycles. The first-order valence-corrected chi connectivity index (χ1v) is 11.9. The van der Waals surface area contributed by atoms with Crippen LogP contribution in [0, 0.1) is 3.57 Å². The molecule has 5 nitrogen and oxygen atoms in total. The quantitative estimate of drug-likeness (QED) is 0.623. The molecule has 144 valence electrons. The van der Waals surface area contributed by atoms with Gasteiger partial charge in [0.1, 0.15) is 6.04 Å². The molecular weight excluding hydrogens is 497 g/mol. The maximum absolute atomic E-state index is 13.1. The Morgan fingerprint density at radius 1 is 1.19 bits per heavy atom. The van der Waals surface area contributed by atoms with Gasteiger partial charge in [-0.2, -0.15) is 16.1 Å². The third-order valence-corrected chi connectivity index (χ3v) is 8.49. The first-order valence-electron chi connectivity index (χ1n) is 8.37. The van der Waals surface area contributed by atoms with E-state index in [4.69, 9.17) is 0 Å². The highest BCUT2D eigenvalue weighted by Gasteiger charge is 2.48. The van der Waals surface area contributed by atoms with E-state index in [1.807, 2.05) is 24.3 Å². The van der Waals surface area contributed by atoms with Gasteiger partial charge in [-0.25, -0.2) is 8.42 Å². The monoisotopic (exact) mass is 517 g/mol. The minimum absolute atomic E-state index is 0.117. The summed E-state index contributed by atoms with van der Waals surface area (Å²) in [5.74, 6) is -0.553. The van der Waals surface area contributed by atoms with E-state index < -0.39 is 26.8 Å². The van der Waals surface area contributed by atoms with Crippen LogP contribution in [0.4, 0.5) is 0 Å². The molecule has 0 saturated carbocycles. The third kappa shape index (κ3) is 4.18. The van der Waals surface area contributed by atoms with Gasteiger partial charge in [-0.05, 0) is 71.8 Å². The average Bonchev–Trinajstić information content (AvgIpc) is 2.60. The Kier molecular flexibility index (Phi) is 5.90. The summed E-state index contributed by atoms with van der Waals surface area (Å²) in [6.45, 7) is 3.74. The zero-order valence-electron chi connectivity index (χ0n) is 14.9. The van der Waals surface area contributed by atoms with Crippen LogP contribution in [-0.2, 0) is 14.8 Å². The fourth-order valence-corrected chi connectivity index (χ4v) is 6.89. The predicted octanol–water partition coefficient (Wildman–Crippen LogP) is 3.93. The lowest BCUT2D eigenvalue weighted by Crippen LogP contribution is -2.58. The first kappa shape index (κ1) is 20.6. The smallest absolute Gasteiger partial charge is 0.323 e. The topological polar surface area (TPSA) is 74.7 Å². The summed E-state index contributed by atoms with van der Waals surface area (Å²) < 4.78 is 27.8. The van der Waals surface area contributed by atoms with Gasteiger partial charge in [-0.1, -0.05) is 24.3 Å². The molecule has 2 aromatic carbocycles. The summed E-state index contributed by atoms with van der Waals surface area (Å²) in [5.41, 5.74) is 1.92. The number of carboxylic acids is 1. The molecule has 1 fully saturated rings. The standard InChI is InChI=1S/C19H20INO4S2/c1-19(2)17(18(22)23)21(10-11-26-19)27(24,25)16-8-6-13(7-9-16)14-4-3-5-15(20)12-14/h3-9,12,17H,10-11H2,1-2H3,(H,22,23). The molecule has 1 saturated heterocycles. The molecule has 1 N–H and O–H groups in total. The number of aliphatic carboxylic acids is 1. The fraction of sp³-hybridized carbons (Fsp3) is 0.316. The van der Waals surface area contributed by atoms with Crippen LogP contribution in [0.3, 0.4) is 0 Å². The molecule has 27 heavy (non-hydrogen) atoms. The second kappa shape index (κ2) is 7.73. The molecular formula is C19H20INO4S2. The van der Waals surface area contributed by atoms with E-state index in [0.29, 0.717) is 5.75 Å². The van der Waals surface area contributed by atoms with Crippen molar-refractivity contribution in [3.8, 4) is 11.1 Å². The van der Waals surface area contributed by atoms with Crippen LogP contribution in [0.1, 0.15) is 13.8 Å². The summed E-state index contributed by atoms with van der Waals surface area (Å²) >= 11 is 3.72. The van der Waals surface area contributed by atoms with E-state index in [1.54, 1.807) is 38.1 Å². The minimum Gasteiger partial charge on any atom is -0.480 e.